The molecular formula is C27H37N6O8P. The number of aliphatic hydroxyl groups excluding tert-OH is 1. The minimum Gasteiger partial charge on any atom is -0.449 e. The molecule has 42 heavy (non-hydrogen) atoms. The molecule has 4 rings (SSSR count). The van der Waals surface area contributed by atoms with E-state index in [0.717, 1.165) is 12.8 Å². The molecule has 14 nitrogen and oxygen atoms in total. The average molecular weight is 605 g/mol. The number of ether oxygens (including phenoxy) is 1. The summed E-state index contributed by atoms with van der Waals surface area (Å²) in [6, 6.07) is 8.87. The fourth-order valence-corrected chi connectivity index (χ4v) is 5.48. The highest BCUT2D eigenvalue weighted by atomic mass is 31.2. The molecule has 2 unspecified atom stereocenters. The summed E-state index contributed by atoms with van der Waals surface area (Å²) in [5.41, 5.74) is 0.547. The number of carbonyl (C=O) groups is 3. The van der Waals surface area contributed by atoms with Crippen molar-refractivity contribution in [1.29, 1.82) is 0 Å². The van der Waals surface area contributed by atoms with Crippen molar-refractivity contribution in [2.45, 2.75) is 38.3 Å². The van der Waals surface area contributed by atoms with Crippen LogP contribution in [0, 0.1) is 0 Å². The topological polar surface area (TPSA) is 186 Å². The van der Waals surface area contributed by atoms with Crippen LogP contribution in [-0.4, -0.2) is 117 Å². The van der Waals surface area contributed by atoms with Gasteiger partial charge in [-0.1, -0.05) is 43.7 Å². The van der Waals surface area contributed by atoms with Crippen molar-refractivity contribution in [2.75, 3.05) is 56.9 Å². The first kappa shape index (κ1) is 31.4. The minimum absolute atomic E-state index is 0.0941. The normalized spacial score (nSPS) is 18.1. The number of hydrogen-bond acceptors (Lipinski definition) is 9. The summed E-state index contributed by atoms with van der Waals surface area (Å²) < 4.78 is 17.2. The van der Waals surface area contributed by atoms with Gasteiger partial charge in [0.15, 0.2) is 5.82 Å². The maximum Gasteiger partial charge on any atom is 0.409 e. The van der Waals surface area contributed by atoms with E-state index >= 15 is 0 Å². The second-order valence-corrected chi connectivity index (χ2v) is 12.0. The molecule has 2 aliphatic heterocycles. The zero-order valence-electron chi connectivity index (χ0n) is 23.5. The van der Waals surface area contributed by atoms with Gasteiger partial charge < -0.3 is 39.6 Å². The summed E-state index contributed by atoms with van der Waals surface area (Å²) in [6.07, 6.45) is 0.242. The molecule has 0 bridgehead atoms. The molecule has 2 aromatic rings. The Kier molecular flexibility index (Phi) is 10.5. The van der Waals surface area contributed by atoms with Gasteiger partial charge in [0.05, 0.1) is 18.9 Å². The molecular weight excluding hydrogens is 567 g/mol. The lowest BCUT2D eigenvalue weighted by atomic mass is 10.2. The van der Waals surface area contributed by atoms with Crippen molar-refractivity contribution >= 4 is 31.3 Å². The van der Waals surface area contributed by atoms with E-state index in [4.69, 9.17) is 4.74 Å². The van der Waals surface area contributed by atoms with Gasteiger partial charge in [0.2, 0.25) is 5.91 Å². The monoisotopic (exact) mass is 604 g/mol. The van der Waals surface area contributed by atoms with Crippen LogP contribution in [0.4, 0.5) is 10.6 Å². The number of hydrogen-bond donors (Lipinski definition) is 4. The van der Waals surface area contributed by atoms with Gasteiger partial charge in [-0.3, -0.25) is 14.2 Å². The molecule has 1 aromatic heterocycles. The van der Waals surface area contributed by atoms with Crippen molar-refractivity contribution in [3.05, 3.63) is 42.1 Å². The molecule has 0 radical (unpaired) electrons. The largest absolute Gasteiger partial charge is 0.449 e. The number of nitrogens with one attached hydrogen (secondary N) is 1. The molecule has 2 aliphatic rings. The minimum atomic E-state index is -4.72. The van der Waals surface area contributed by atoms with Gasteiger partial charge in [-0.2, -0.15) is 0 Å². The second kappa shape index (κ2) is 14.1. The van der Waals surface area contributed by atoms with Gasteiger partial charge in [-0.15, -0.1) is 0 Å². The highest BCUT2D eigenvalue weighted by Gasteiger charge is 2.35. The van der Waals surface area contributed by atoms with Crippen molar-refractivity contribution < 1.29 is 38.6 Å². The van der Waals surface area contributed by atoms with E-state index in [1.807, 2.05) is 17.9 Å². The van der Waals surface area contributed by atoms with Crippen molar-refractivity contribution in [1.82, 2.24) is 25.1 Å². The summed E-state index contributed by atoms with van der Waals surface area (Å²) in [4.78, 5) is 72.1. The number of aromatic nitrogens is 2. The molecule has 15 heteroatoms. The van der Waals surface area contributed by atoms with Crippen molar-refractivity contribution in [3.8, 4) is 11.4 Å². The van der Waals surface area contributed by atoms with E-state index in [2.05, 4.69) is 15.3 Å². The first-order chi connectivity index (χ1) is 20.0. The molecule has 3 heterocycles. The van der Waals surface area contributed by atoms with Crippen LogP contribution >= 0.6 is 7.60 Å². The summed E-state index contributed by atoms with van der Waals surface area (Å²) >= 11 is 0. The first-order valence-electron chi connectivity index (χ1n) is 14.0. The SMILES string of the molecule is CCCCOC(=O)N1CCN(C(=O)C(CP(=O)(O)O)NC(=O)c2cc(N3CCC(O)C3)nc(-c3ccccc3)n2)CC1. The molecule has 4 N–H and O–H groups in total. The van der Waals surface area contributed by atoms with Gasteiger partial charge in [0, 0.05) is 50.9 Å². The maximum absolute atomic E-state index is 13.4. The Morgan fingerprint density at radius 2 is 1.76 bits per heavy atom. The standard InChI is InChI=1S/C27H37N6O8P/c1-2-3-15-41-27(37)32-13-11-31(12-14-32)26(36)22(18-42(38,39)40)29-25(35)21-16-23(33-10-9-20(34)17-33)30-24(28-21)19-7-5-4-6-8-19/h4-8,16,20,22,34H,2-3,9-15,17-18H2,1H3,(H,29,35)(H2,38,39,40). The number of aliphatic hydroxyl groups is 1. The van der Waals surface area contributed by atoms with Crippen LogP contribution in [0.5, 0.6) is 0 Å². The van der Waals surface area contributed by atoms with Crippen molar-refractivity contribution in [3.63, 3.8) is 0 Å². The van der Waals surface area contributed by atoms with Crippen LogP contribution in [-0.2, 0) is 14.1 Å². The summed E-state index contributed by atoms with van der Waals surface area (Å²) in [5.74, 6) is -0.823. The molecule has 0 saturated carbocycles. The summed E-state index contributed by atoms with van der Waals surface area (Å²) in [5, 5.41) is 12.5. The van der Waals surface area contributed by atoms with Crippen LogP contribution in [0.3, 0.4) is 0 Å². The van der Waals surface area contributed by atoms with Crippen molar-refractivity contribution in [2.24, 2.45) is 0 Å². The van der Waals surface area contributed by atoms with E-state index in [1.54, 1.807) is 24.3 Å². The number of rotatable bonds is 10. The highest BCUT2D eigenvalue weighted by molar-refractivity contribution is 7.51. The van der Waals surface area contributed by atoms with Crippen LogP contribution in [0.1, 0.15) is 36.7 Å². The van der Waals surface area contributed by atoms with Crippen LogP contribution < -0.4 is 10.2 Å². The smallest absolute Gasteiger partial charge is 0.409 e. The van der Waals surface area contributed by atoms with E-state index in [1.165, 1.54) is 15.9 Å². The number of β-amino-alcohol motifs (C(OH)–C–C–N with tert-alkyl or cyclic N) is 1. The van der Waals surface area contributed by atoms with E-state index in [-0.39, 0.29) is 37.7 Å². The number of nitrogens with zero attached hydrogens (tertiary/aromatic N) is 5. The Morgan fingerprint density at radius 3 is 2.38 bits per heavy atom. The zero-order valence-corrected chi connectivity index (χ0v) is 24.4. The predicted octanol–water partition coefficient (Wildman–Crippen LogP) is 1.07. The fraction of sp³-hybridized carbons (Fsp3) is 0.519. The predicted molar refractivity (Wildman–Crippen MR) is 153 cm³/mol. The Balaban J connectivity index is 1.51. The number of carbonyl (C=O) groups excluding carboxylic acids is 3. The quantitative estimate of drug-likeness (QED) is 0.225. The molecule has 0 spiro atoms. The Bertz CT molecular complexity index is 1300. The Labute approximate surface area is 243 Å². The second-order valence-electron chi connectivity index (χ2n) is 10.3. The Morgan fingerprint density at radius 1 is 1.07 bits per heavy atom. The van der Waals surface area contributed by atoms with Crippen LogP contribution in [0.25, 0.3) is 11.4 Å². The Hall–Kier alpha value is -3.58. The third-order valence-corrected chi connectivity index (χ3v) is 7.90. The first-order valence-corrected chi connectivity index (χ1v) is 15.8. The van der Waals surface area contributed by atoms with E-state index in [9.17, 15) is 33.8 Å². The van der Waals surface area contributed by atoms with E-state index < -0.39 is 43.8 Å². The number of anilines is 1. The van der Waals surface area contributed by atoms with Gasteiger partial charge in [0.25, 0.3) is 5.91 Å². The lowest BCUT2D eigenvalue weighted by Gasteiger charge is -2.36. The molecule has 228 valence electrons. The van der Waals surface area contributed by atoms with Gasteiger partial charge >= 0.3 is 13.7 Å². The fourth-order valence-electron chi connectivity index (χ4n) is 4.76. The third kappa shape index (κ3) is 8.48. The van der Waals surface area contributed by atoms with Gasteiger partial charge in [-0.25, -0.2) is 14.8 Å². The summed E-state index contributed by atoms with van der Waals surface area (Å²) in [7, 11) is -4.72. The average Bonchev–Trinajstić information content (AvgIpc) is 3.42. The molecule has 2 fully saturated rings. The van der Waals surface area contributed by atoms with Crippen LogP contribution in [0.15, 0.2) is 36.4 Å². The number of benzene rings is 1. The zero-order chi connectivity index (χ0) is 30.3. The molecule has 2 atom stereocenters. The summed E-state index contributed by atoms with van der Waals surface area (Å²) in [6.45, 7) is 3.73. The molecule has 2 saturated heterocycles. The lowest BCUT2D eigenvalue weighted by molar-refractivity contribution is -0.134. The molecule has 0 aliphatic carbocycles. The lowest BCUT2D eigenvalue weighted by Crippen LogP contribution is -2.56. The van der Waals surface area contributed by atoms with Crippen LogP contribution in [0.2, 0.25) is 0 Å². The van der Waals surface area contributed by atoms with E-state index in [0.29, 0.717) is 37.5 Å². The number of piperazine rings is 1. The van der Waals surface area contributed by atoms with Gasteiger partial charge in [0.1, 0.15) is 17.6 Å². The van der Waals surface area contributed by atoms with Gasteiger partial charge in [-0.05, 0) is 12.8 Å². The third-order valence-electron chi connectivity index (χ3n) is 7.06. The maximum atomic E-state index is 13.4. The molecule has 3 amide bonds. The number of amides is 3. The highest BCUT2D eigenvalue weighted by Crippen LogP contribution is 2.35. The number of unbranched alkanes of at least 4 members (excludes halogenated alkanes) is 1. The molecule has 1 aromatic carbocycles.